The summed E-state index contributed by atoms with van der Waals surface area (Å²) in [5, 5.41) is 2.26. The van der Waals surface area contributed by atoms with E-state index in [1.807, 2.05) is 19.1 Å². The fourth-order valence-corrected chi connectivity index (χ4v) is 3.80. The van der Waals surface area contributed by atoms with Gasteiger partial charge in [0.15, 0.2) is 0 Å². The quantitative estimate of drug-likeness (QED) is 0.478. The number of hydrogen-bond acceptors (Lipinski definition) is 3. The summed E-state index contributed by atoms with van der Waals surface area (Å²) in [5.74, 6) is 0. The van der Waals surface area contributed by atoms with E-state index in [1.165, 1.54) is 16.5 Å². The van der Waals surface area contributed by atoms with E-state index in [9.17, 15) is 0 Å². The van der Waals surface area contributed by atoms with Gasteiger partial charge >= 0.3 is 0 Å². The second-order valence-corrected chi connectivity index (χ2v) is 6.79. The molecule has 0 aliphatic rings. The standard InChI is InChI=1S/C20H16N2S/c1-13-20(23-14(2)21-13)19-12-17(15-8-4-3-5-9-15)16-10-6-7-11-18(16)22-19/h3-12H,1-2H3. The average molecular weight is 316 g/mol. The van der Waals surface area contributed by atoms with Crippen molar-refractivity contribution in [2.75, 3.05) is 0 Å². The van der Waals surface area contributed by atoms with Gasteiger partial charge in [-0.2, -0.15) is 0 Å². The third-order valence-corrected chi connectivity index (χ3v) is 5.03. The third kappa shape index (κ3) is 2.53. The molecule has 0 fully saturated rings. The molecule has 0 unspecified atom stereocenters. The van der Waals surface area contributed by atoms with Crippen molar-refractivity contribution in [3.8, 4) is 21.7 Å². The minimum absolute atomic E-state index is 1.01. The Morgan fingerprint density at radius 3 is 2.30 bits per heavy atom. The Morgan fingerprint density at radius 1 is 0.826 bits per heavy atom. The predicted octanol–water partition coefficient (Wildman–Crippen LogP) is 5.64. The van der Waals surface area contributed by atoms with Gasteiger partial charge in [-0.15, -0.1) is 11.3 Å². The van der Waals surface area contributed by atoms with E-state index in [0.717, 1.165) is 26.8 Å². The summed E-state index contributed by atoms with van der Waals surface area (Å²) in [6.07, 6.45) is 0. The molecule has 112 valence electrons. The first-order valence-corrected chi connectivity index (χ1v) is 8.43. The highest BCUT2D eigenvalue weighted by atomic mass is 32.1. The summed E-state index contributed by atoms with van der Waals surface area (Å²) < 4.78 is 0. The highest BCUT2D eigenvalue weighted by Gasteiger charge is 2.13. The zero-order valence-corrected chi connectivity index (χ0v) is 13.9. The summed E-state index contributed by atoms with van der Waals surface area (Å²) in [4.78, 5) is 10.6. The fraction of sp³-hybridized carbons (Fsp3) is 0.100. The maximum absolute atomic E-state index is 4.88. The smallest absolute Gasteiger partial charge is 0.0904 e. The van der Waals surface area contributed by atoms with Gasteiger partial charge in [-0.05, 0) is 37.1 Å². The number of benzene rings is 2. The van der Waals surface area contributed by atoms with Crippen LogP contribution in [0.5, 0.6) is 0 Å². The normalized spacial score (nSPS) is 11.0. The molecule has 0 aliphatic heterocycles. The molecule has 23 heavy (non-hydrogen) atoms. The van der Waals surface area contributed by atoms with Crippen LogP contribution in [-0.4, -0.2) is 9.97 Å². The molecule has 0 spiro atoms. The van der Waals surface area contributed by atoms with E-state index in [4.69, 9.17) is 4.98 Å². The number of thiazole rings is 1. The van der Waals surface area contributed by atoms with E-state index in [-0.39, 0.29) is 0 Å². The molecule has 2 aromatic carbocycles. The van der Waals surface area contributed by atoms with Crippen LogP contribution in [0.2, 0.25) is 0 Å². The van der Waals surface area contributed by atoms with Crippen LogP contribution >= 0.6 is 11.3 Å². The van der Waals surface area contributed by atoms with Crippen molar-refractivity contribution in [3.63, 3.8) is 0 Å². The van der Waals surface area contributed by atoms with Gasteiger partial charge in [-0.3, -0.25) is 0 Å². The van der Waals surface area contributed by atoms with Gasteiger partial charge in [-0.1, -0.05) is 48.5 Å². The number of para-hydroxylation sites is 1. The van der Waals surface area contributed by atoms with E-state index >= 15 is 0 Å². The van der Waals surface area contributed by atoms with Crippen LogP contribution in [0.1, 0.15) is 10.7 Å². The zero-order valence-electron chi connectivity index (χ0n) is 13.1. The Kier molecular flexibility index (Phi) is 3.43. The maximum atomic E-state index is 4.88. The van der Waals surface area contributed by atoms with E-state index in [1.54, 1.807) is 11.3 Å². The first-order valence-electron chi connectivity index (χ1n) is 7.62. The van der Waals surface area contributed by atoms with Crippen LogP contribution < -0.4 is 0 Å². The molecule has 0 amide bonds. The SMILES string of the molecule is Cc1nc(C)c(-c2cc(-c3ccccc3)c3ccccc3n2)s1. The molecule has 3 heteroatoms. The van der Waals surface area contributed by atoms with Crippen molar-refractivity contribution < 1.29 is 0 Å². The molecular formula is C20H16N2S. The van der Waals surface area contributed by atoms with Gasteiger partial charge in [0, 0.05) is 5.39 Å². The zero-order chi connectivity index (χ0) is 15.8. The largest absolute Gasteiger partial charge is 0.247 e. The Hall–Kier alpha value is -2.52. The Labute approximate surface area is 139 Å². The summed E-state index contributed by atoms with van der Waals surface area (Å²) in [6.45, 7) is 4.10. The monoisotopic (exact) mass is 316 g/mol. The lowest BCUT2D eigenvalue weighted by molar-refractivity contribution is 1.20. The molecule has 0 saturated carbocycles. The number of fused-ring (bicyclic) bond motifs is 1. The molecule has 2 nitrogen and oxygen atoms in total. The second kappa shape index (κ2) is 5.60. The molecular weight excluding hydrogens is 300 g/mol. The molecule has 4 aromatic rings. The molecule has 0 saturated heterocycles. The summed E-state index contributed by atoms with van der Waals surface area (Å²) in [5.41, 5.74) is 5.51. The van der Waals surface area contributed by atoms with Gasteiger partial charge < -0.3 is 0 Å². The van der Waals surface area contributed by atoms with Gasteiger partial charge in [0.2, 0.25) is 0 Å². The van der Waals surface area contributed by atoms with Gasteiger partial charge in [0.1, 0.15) is 0 Å². The molecule has 4 rings (SSSR count). The van der Waals surface area contributed by atoms with Crippen LogP contribution in [0.25, 0.3) is 32.6 Å². The molecule has 0 bridgehead atoms. The van der Waals surface area contributed by atoms with Gasteiger partial charge in [0.25, 0.3) is 0 Å². The highest BCUT2D eigenvalue weighted by Crippen LogP contribution is 2.35. The number of rotatable bonds is 2. The summed E-state index contributed by atoms with van der Waals surface area (Å²) in [7, 11) is 0. The van der Waals surface area contributed by atoms with E-state index in [2.05, 4.69) is 60.4 Å². The topological polar surface area (TPSA) is 25.8 Å². The first kappa shape index (κ1) is 14.1. The Morgan fingerprint density at radius 2 is 1.57 bits per heavy atom. The molecule has 0 aliphatic carbocycles. The fourth-order valence-electron chi connectivity index (χ4n) is 2.92. The lowest BCUT2D eigenvalue weighted by atomic mass is 10.00. The Balaban J connectivity index is 2.03. The average Bonchev–Trinajstić information content (AvgIpc) is 2.93. The molecule has 0 N–H and O–H groups in total. The Bertz CT molecular complexity index is 987. The highest BCUT2D eigenvalue weighted by molar-refractivity contribution is 7.15. The molecule has 2 aromatic heterocycles. The lowest BCUT2D eigenvalue weighted by Gasteiger charge is -2.09. The van der Waals surface area contributed by atoms with Crippen molar-refractivity contribution in [2.24, 2.45) is 0 Å². The number of hydrogen-bond donors (Lipinski definition) is 0. The van der Waals surface area contributed by atoms with Crippen molar-refractivity contribution in [1.29, 1.82) is 0 Å². The number of pyridine rings is 1. The van der Waals surface area contributed by atoms with E-state index in [0.29, 0.717) is 0 Å². The van der Waals surface area contributed by atoms with Crippen molar-refractivity contribution >= 4 is 22.2 Å². The second-order valence-electron chi connectivity index (χ2n) is 5.59. The predicted molar refractivity (Wildman–Crippen MR) is 97.8 cm³/mol. The van der Waals surface area contributed by atoms with Crippen LogP contribution in [0.15, 0.2) is 60.7 Å². The third-order valence-electron chi connectivity index (χ3n) is 3.94. The maximum Gasteiger partial charge on any atom is 0.0904 e. The van der Waals surface area contributed by atoms with Crippen LogP contribution in [0.4, 0.5) is 0 Å². The van der Waals surface area contributed by atoms with Crippen LogP contribution in [0, 0.1) is 13.8 Å². The summed E-state index contributed by atoms with van der Waals surface area (Å²) >= 11 is 1.71. The minimum Gasteiger partial charge on any atom is -0.247 e. The van der Waals surface area contributed by atoms with Gasteiger partial charge in [0.05, 0.1) is 26.8 Å². The first-order chi connectivity index (χ1) is 11.2. The van der Waals surface area contributed by atoms with Gasteiger partial charge in [-0.25, -0.2) is 9.97 Å². The van der Waals surface area contributed by atoms with Crippen molar-refractivity contribution in [1.82, 2.24) is 9.97 Å². The molecule has 2 heterocycles. The van der Waals surface area contributed by atoms with E-state index < -0.39 is 0 Å². The van der Waals surface area contributed by atoms with Crippen molar-refractivity contribution in [3.05, 3.63) is 71.4 Å². The number of aromatic nitrogens is 2. The lowest BCUT2D eigenvalue weighted by Crippen LogP contribution is -1.89. The van der Waals surface area contributed by atoms with Crippen LogP contribution in [0.3, 0.4) is 0 Å². The van der Waals surface area contributed by atoms with Crippen molar-refractivity contribution in [2.45, 2.75) is 13.8 Å². The molecule has 0 atom stereocenters. The number of nitrogens with zero attached hydrogens (tertiary/aromatic N) is 2. The number of aryl methyl sites for hydroxylation is 2. The van der Waals surface area contributed by atoms with Crippen LogP contribution in [-0.2, 0) is 0 Å². The summed E-state index contributed by atoms with van der Waals surface area (Å²) in [6, 6.07) is 21.0. The molecule has 0 radical (unpaired) electrons. The minimum atomic E-state index is 1.01.